The smallest absolute Gasteiger partial charge is 0.356 e. The molecule has 0 spiro atoms. The second kappa shape index (κ2) is 6.88. The fourth-order valence-electron chi connectivity index (χ4n) is 3.15. The van der Waals surface area contributed by atoms with Gasteiger partial charge in [-0.05, 0) is 50.1 Å². The van der Waals surface area contributed by atoms with Crippen molar-refractivity contribution in [1.29, 1.82) is 0 Å². The molecule has 0 saturated heterocycles. The van der Waals surface area contributed by atoms with Crippen LogP contribution in [0.3, 0.4) is 0 Å². The van der Waals surface area contributed by atoms with Gasteiger partial charge in [-0.1, -0.05) is 0 Å². The Bertz CT molecular complexity index is 823. The Morgan fingerprint density at radius 1 is 1.28 bits per heavy atom. The van der Waals surface area contributed by atoms with Crippen LogP contribution in [0.15, 0.2) is 24.3 Å². The van der Waals surface area contributed by atoms with Crippen LogP contribution in [0.25, 0.3) is 11.1 Å². The molecule has 0 fully saturated rings. The molecule has 0 aliphatic carbocycles. The summed E-state index contributed by atoms with van der Waals surface area (Å²) in [5.74, 6) is -1.92. The number of benzene rings is 1. The molecular formula is C19H19F2NO3. The van der Waals surface area contributed by atoms with Gasteiger partial charge in [-0.3, -0.25) is 0 Å². The lowest BCUT2D eigenvalue weighted by molar-refractivity contribution is -0.00751. The lowest BCUT2D eigenvalue weighted by atomic mass is 9.90. The van der Waals surface area contributed by atoms with E-state index in [0.717, 1.165) is 11.6 Å². The van der Waals surface area contributed by atoms with E-state index in [-0.39, 0.29) is 30.1 Å². The maximum atomic E-state index is 14.4. The van der Waals surface area contributed by atoms with Gasteiger partial charge in [0.05, 0.1) is 24.5 Å². The topological polar surface area (TPSA) is 48.4 Å². The maximum absolute atomic E-state index is 14.4. The van der Waals surface area contributed by atoms with Gasteiger partial charge in [-0.25, -0.2) is 18.6 Å². The molecule has 0 N–H and O–H groups in total. The molecule has 25 heavy (non-hydrogen) atoms. The summed E-state index contributed by atoms with van der Waals surface area (Å²) in [6.07, 6.45) is 0.123. The van der Waals surface area contributed by atoms with Crippen LogP contribution in [0, 0.1) is 11.6 Å². The average molecular weight is 347 g/mol. The molecule has 0 saturated carbocycles. The molecule has 0 amide bonds. The van der Waals surface area contributed by atoms with Crippen LogP contribution >= 0.6 is 0 Å². The molecule has 1 aromatic carbocycles. The van der Waals surface area contributed by atoms with E-state index in [2.05, 4.69) is 4.98 Å². The van der Waals surface area contributed by atoms with Gasteiger partial charge in [0.15, 0.2) is 0 Å². The Balaban J connectivity index is 2.22. The Labute approximate surface area is 144 Å². The standard InChI is InChI=1S/C19H19F2NO3/c1-4-24-19(23)17-9-14(13-6-5-12(20)8-16(13)21)15-7-10(2)25-11(3)18(15)22-17/h5-6,8-11H,4,7H2,1-3H3/t10-,11+/m0/s1. The number of aromatic nitrogens is 1. The van der Waals surface area contributed by atoms with E-state index in [1.165, 1.54) is 18.2 Å². The van der Waals surface area contributed by atoms with Crippen molar-refractivity contribution in [3.8, 4) is 11.1 Å². The van der Waals surface area contributed by atoms with Crippen molar-refractivity contribution in [3.63, 3.8) is 0 Å². The lowest BCUT2D eigenvalue weighted by Gasteiger charge is -2.29. The highest BCUT2D eigenvalue weighted by Crippen LogP contribution is 2.37. The highest BCUT2D eigenvalue weighted by Gasteiger charge is 2.29. The van der Waals surface area contributed by atoms with Gasteiger partial charge in [-0.15, -0.1) is 0 Å². The molecule has 3 rings (SSSR count). The summed E-state index contributed by atoms with van der Waals surface area (Å²) >= 11 is 0. The van der Waals surface area contributed by atoms with Crippen molar-refractivity contribution in [2.24, 2.45) is 0 Å². The van der Waals surface area contributed by atoms with Crippen LogP contribution in [-0.4, -0.2) is 23.7 Å². The van der Waals surface area contributed by atoms with E-state index in [9.17, 15) is 13.6 Å². The van der Waals surface area contributed by atoms with Crippen LogP contribution in [0.5, 0.6) is 0 Å². The van der Waals surface area contributed by atoms with Crippen LogP contribution in [-0.2, 0) is 15.9 Å². The van der Waals surface area contributed by atoms with Gasteiger partial charge in [0.2, 0.25) is 0 Å². The van der Waals surface area contributed by atoms with Crippen LogP contribution in [0.1, 0.15) is 48.6 Å². The van der Waals surface area contributed by atoms with Crippen LogP contribution in [0.2, 0.25) is 0 Å². The van der Waals surface area contributed by atoms with Crippen molar-refractivity contribution < 1.29 is 23.0 Å². The van der Waals surface area contributed by atoms with Crippen molar-refractivity contribution in [2.75, 3.05) is 6.61 Å². The van der Waals surface area contributed by atoms with Crippen LogP contribution < -0.4 is 0 Å². The molecule has 2 aromatic rings. The molecule has 2 atom stereocenters. The number of hydrogen-bond acceptors (Lipinski definition) is 4. The fourth-order valence-corrected chi connectivity index (χ4v) is 3.15. The first-order chi connectivity index (χ1) is 11.9. The van der Waals surface area contributed by atoms with E-state index >= 15 is 0 Å². The predicted octanol–water partition coefficient (Wildman–Crippen LogP) is 4.23. The van der Waals surface area contributed by atoms with Gasteiger partial charge >= 0.3 is 5.97 Å². The highest BCUT2D eigenvalue weighted by atomic mass is 19.1. The summed E-state index contributed by atoms with van der Waals surface area (Å²) in [5.41, 5.74) is 2.23. The van der Waals surface area contributed by atoms with E-state index in [0.29, 0.717) is 17.7 Å². The Morgan fingerprint density at radius 2 is 2.04 bits per heavy atom. The predicted molar refractivity (Wildman–Crippen MR) is 88.2 cm³/mol. The quantitative estimate of drug-likeness (QED) is 0.780. The molecule has 132 valence electrons. The Kier molecular flexibility index (Phi) is 4.81. The van der Waals surface area contributed by atoms with E-state index < -0.39 is 17.6 Å². The third-order valence-corrected chi connectivity index (χ3v) is 4.18. The second-order valence-corrected chi connectivity index (χ2v) is 6.06. The van der Waals surface area contributed by atoms with E-state index in [1.54, 1.807) is 6.92 Å². The molecule has 4 nitrogen and oxygen atoms in total. The molecule has 2 heterocycles. The number of halogens is 2. The third kappa shape index (κ3) is 3.39. The summed E-state index contributed by atoms with van der Waals surface area (Å²) < 4.78 is 38.5. The number of pyridine rings is 1. The zero-order valence-corrected chi connectivity index (χ0v) is 14.3. The zero-order valence-electron chi connectivity index (χ0n) is 14.3. The van der Waals surface area contributed by atoms with Crippen molar-refractivity contribution in [1.82, 2.24) is 4.98 Å². The molecule has 1 aromatic heterocycles. The first-order valence-electron chi connectivity index (χ1n) is 8.22. The monoisotopic (exact) mass is 347 g/mol. The number of hydrogen-bond donors (Lipinski definition) is 0. The zero-order chi connectivity index (χ0) is 18.1. The number of esters is 1. The van der Waals surface area contributed by atoms with Crippen molar-refractivity contribution >= 4 is 5.97 Å². The second-order valence-electron chi connectivity index (χ2n) is 6.06. The summed E-state index contributed by atoms with van der Waals surface area (Å²) in [7, 11) is 0. The average Bonchev–Trinajstić information content (AvgIpc) is 2.54. The van der Waals surface area contributed by atoms with Gasteiger partial charge in [0.25, 0.3) is 0 Å². The van der Waals surface area contributed by atoms with Gasteiger partial charge < -0.3 is 9.47 Å². The lowest BCUT2D eigenvalue weighted by Crippen LogP contribution is -2.25. The molecule has 1 aliphatic heterocycles. The highest BCUT2D eigenvalue weighted by molar-refractivity contribution is 5.89. The molecule has 1 aliphatic rings. The number of ether oxygens (including phenoxy) is 2. The summed E-state index contributed by atoms with van der Waals surface area (Å²) in [6, 6.07) is 4.91. The molecular weight excluding hydrogens is 328 g/mol. The van der Waals surface area contributed by atoms with E-state index in [1.807, 2.05) is 13.8 Å². The van der Waals surface area contributed by atoms with Crippen molar-refractivity contribution in [3.05, 3.63) is 52.9 Å². The minimum absolute atomic E-state index is 0.0694. The molecule has 0 bridgehead atoms. The molecule has 0 unspecified atom stereocenters. The van der Waals surface area contributed by atoms with Crippen LogP contribution in [0.4, 0.5) is 8.78 Å². The number of carbonyl (C=O) groups is 1. The van der Waals surface area contributed by atoms with E-state index in [4.69, 9.17) is 9.47 Å². The third-order valence-electron chi connectivity index (χ3n) is 4.18. The number of rotatable bonds is 3. The summed E-state index contributed by atoms with van der Waals surface area (Å²) in [5, 5.41) is 0. The normalized spacial score (nSPS) is 19.4. The fraction of sp³-hybridized carbons (Fsp3) is 0.368. The minimum Gasteiger partial charge on any atom is -0.461 e. The van der Waals surface area contributed by atoms with Gasteiger partial charge in [0.1, 0.15) is 17.3 Å². The first-order valence-corrected chi connectivity index (χ1v) is 8.22. The first kappa shape index (κ1) is 17.5. The number of fused-ring (bicyclic) bond motifs is 1. The number of carbonyl (C=O) groups excluding carboxylic acids is 1. The summed E-state index contributed by atoms with van der Waals surface area (Å²) in [6.45, 7) is 5.66. The molecule has 0 radical (unpaired) electrons. The largest absolute Gasteiger partial charge is 0.461 e. The van der Waals surface area contributed by atoms with Gasteiger partial charge in [0, 0.05) is 18.1 Å². The minimum atomic E-state index is -0.685. The van der Waals surface area contributed by atoms with Gasteiger partial charge in [-0.2, -0.15) is 0 Å². The molecule has 6 heteroatoms. The number of nitrogens with zero attached hydrogens (tertiary/aromatic N) is 1. The Hall–Kier alpha value is -2.34. The SMILES string of the molecule is CCOC(=O)c1cc(-c2ccc(F)cc2F)c2c(n1)[C@@H](C)O[C@@H](C)C2. The summed E-state index contributed by atoms with van der Waals surface area (Å²) in [4.78, 5) is 16.5. The maximum Gasteiger partial charge on any atom is 0.356 e. The Morgan fingerprint density at radius 3 is 2.72 bits per heavy atom. The van der Waals surface area contributed by atoms with Crippen molar-refractivity contribution in [2.45, 2.75) is 39.4 Å².